The molecular formula is C23H23N5O2. The summed E-state index contributed by atoms with van der Waals surface area (Å²) in [6.45, 7) is 5.50. The topological polar surface area (TPSA) is 109 Å². The summed E-state index contributed by atoms with van der Waals surface area (Å²) in [7, 11) is 0. The number of nitriles is 1. The Labute approximate surface area is 176 Å². The number of nitrogens with zero attached hydrogens (tertiary/aromatic N) is 5. The molecule has 0 saturated heterocycles. The normalized spacial score (nSPS) is 11.3. The molecule has 0 spiro atoms. The van der Waals surface area contributed by atoms with E-state index < -0.39 is 5.41 Å². The number of pyridine rings is 1. The Morgan fingerprint density at radius 1 is 1.03 bits per heavy atom. The van der Waals surface area contributed by atoms with Crippen LogP contribution in [0.25, 0.3) is 34.0 Å². The Morgan fingerprint density at radius 2 is 1.80 bits per heavy atom. The van der Waals surface area contributed by atoms with Crippen LogP contribution in [0.4, 0.5) is 0 Å². The summed E-state index contributed by atoms with van der Waals surface area (Å²) < 4.78 is 5.53. The minimum Gasteiger partial charge on any atom is -0.508 e. The minimum absolute atomic E-state index is 0. The van der Waals surface area contributed by atoms with Crippen molar-refractivity contribution in [3.8, 4) is 45.8 Å². The molecular weight excluding hydrogens is 378 g/mol. The summed E-state index contributed by atoms with van der Waals surface area (Å²) in [4.78, 5) is 13.5. The average Bonchev–Trinajstić information content (AvgIpc) is 3.24. The number of aryl methyl sites for hydroxylation is 1. The maximum atomic E-state index is 9.46. The maximum Gasteiger partial charge on any atom is 0.187 e. The molecule has 0 aliphatic carbocycles. The van der Waals surface area contributed by atoms with Crippen LogP contribution in [-0.2, 0) is 5.41 Å². The molecule has 1 aromatic carbocycles. The lowest BCUT2D eigenvalue weighted by atomic mass is 9.90. The zero-order valence-corrected chi connectivity index (χ0v) is 16.8. The van der Waals surface area contributed by atoms with Gasteiger partial charge in [-0.25, -0.2) is 4.98 Å². The zero-order valence-electron chi connectivity index (χ0n) is 16.8. The van der Waals surface area contributed by atoms with E-state index in [1.54, 1.807) is 42.7 Å². The van der Waals surface area contributed by atoms with Gasteiger partial charge in [0.05, 0.1) is 34.8 Å². The minimum atomic E-state index is -0.707. The third-order valence-corrected chi connectivity index (χ3v) is 4.84. The molecule has 0 amide bonds. The molecule has 4 aromatic rings. The predicted octanol–water partition coefficient (Wildman–Crippen LogP) is 5.17. The molecule has 4 rings (SSSR count). The number of hydrogen-bond acceptors (Lipinski definition) is 7. The number of rotatable bonds is 4. The molecule has 7 heteroatoms. The fraction of sp³-hybridized carbons (Fsp3) is 0.174. The van der Waals surface area contributed by atoms with E-state index in [9.17, 15) is 10.4 Å². The van der Waals surface area contributed by atoms with Crippen LogP contribution in [0, 0.1) is 18.3 Å². The summed E-state index contributed by atoms with van der Waals surface area (Å²) in [6, 6.07) is 14.5. The molecule has 0 aliphatic rings. The third-order valence-electron chi connectivity index (χ3n) is 4.84. The van der Waals surface area contributed by atoms with Crippen LogP contribution in [0.3, 0.4) is 0 Å². The van der Waals surface area contributed by atoms with Gasteiger partial charge in [-0.1, -0.05) is 5.16 Å². The Morgan fingerprint density at radius 3 is 2.53 bits per heavy atom. The molecule has 30 heavy (non-hydrogen) atoms. The van der Waals surface area contributed by atoms with Gasteiger partial charge < -0.3 is 9.63 Å². The number of benzene rings is 1. The third kappa shape index (κ3) is 3.63. The van der Waals surface area contributed by atoms with Gasteiger partial charge in [0.25, 0.3) is 0 Å². The summed E-state index contributed by atoms with van der Waals surface area (Å²) in [6.07, 6.45) is 3.36. The predicted molar refractivity (Wildman–Crippen MR) is 115 cm³/mol. The second-order valence-corrected chi connectivity index (χ2v) is 7.48. The van der Waals surface area contributed by atoms with Crippen molar-refractivity contribution in [2.75, 3.05) is 0 Å². The summed E-state index contributed by atoms with van der Waals surface area (Å²) in [5.74, 6) is 0.685. The van der Waals surface area contributed by atoms with E-state index in [4.69, 9.17) is 9.51 Å². The lowest BCUT2D eigenvalue weighted by molar-refractivity contribution is 0.433. The van der Waals surface area contributed by atoms with E-state index >= 15 is 0 Å². The monoisotopic (exact) mass is 401 g/mol. The molecule has 0 aliphatic heterocycles. The number of hydrogen-bond donors (Lipinski definition) is 1. The van der Waals surface area contributed by atoms with Gasteiger partial charge >= 0.3 is 0 Å². The van der Waals surface area contributed by atoms with E-state index in [0.29, 0.717) is 34.2 Å². The van der Waals surface area contributed by atoms with Gasteiger partial charge in [-0.2, -0.15) is 5.26 Å². The van der Waals surface area contributed by atoms with E-state index in [1.165, 1.54) is 0 Å². The first-order valence-corrected chi connectivity index (χ1v) is 9.36. The molecule has 0 atom stereocenters. The van der Waals surface area contributed by atoms with Gasteiger partial charge in [0.1, 0.15) is 17.1 Å². The average molecular weight is 401 g/mol. The number of aromatic hydroxyl groups is 1. The Hall–Kier alpha value is -4.05. The van der Waals surface area contributed by atoms with Crippen LogP contribution in [0.2, 0.25) is 0 Å². The van der Waals surface area contributed by atoms with Crippen molar-refractivity contribution < 1.29 is 12.5 Å². The van der Waals surface area contributed by atoms with Crippen LogP contribution >= 0.6 is 0 Å². The van der Waals surface area contributed by atoms with Gasteiger partial charge in [0.15, 0.2) is 5.76 Å². The fourth-order valence-corrected chi connectivity index (χ4v) is 2.97. The van der Waals surface area contributed by atoms with E-state index in [2.05, 4.69) is 21.2 Å². The molecule has 0 saturated carbocycles. The van der Waals surface area contributed by atoms with Crippen molar-refractivity contribution >= 4 is 0 Å². The fourth-order valence-electron chi connectivity index (χ4n) is 2.97. The largest absolute Gasteiger partial charge is 0.508 e. The molecule has 0 fully saturated rings. The van der Waals surface area contributed by atoms with Crippen LogP contribution in [0.1, 0.15) is 28.1 Å². The zero-order chi connectivity index (χ0) is 21.3. The van der Waals surface area contributed by atoms with Crippen molar-refractivity contribution in [3.63, 3.8) is 0 Å². The first-order chi connectivity index (χ1) is 14.4. The van der Waals surface area contributed by atoms with Crippen LogP contribution < -0.4 is 0 Å². The first kappa shape index (κ1) is 19.3. The van der Waals surface area contributed by atoms with Crippen molar-refractivity contribution in [1.82, 2.24) is 20.1 Å². The maximum absolute atomic E-state index is 9.46. The van der Waals surface area contributed by atoms with Crippen LogP contribution in [0.5, 0.6) is 5.75 Å². The Bertz CT molecular complexity index is 1260. The number of phenolic OH excluding ortho intramolecular Hbond substituents is 1. The van der Waals surface area contributed by atoms with Gasteiger partial charge in [0.2, 0.25) is 0 Å². The number of aromatic nitrogens is 4. The summed E-state index contributed by atoms with van der Waals surface area (Å²) in [5.41, 5.74) is 4.18. The van der Waals surface area contributed by atoms with Crippen molar-refractivity contribution in [1.29, 1.82) is 5.26 Å². The van der Waals surface area contributed by atoms with Gasteiger partial charge in [-0.15, -0.1) is 0 Å². The quantitative estimate of drug-likeness (QED) is 0.502. The summed E-state index contributed by atoms with van der Waals surface area (Å²) >= 11 is 0. The molecule has 0 unspecified atom stereocenters. The molecule has 1 N–H and O–H groups in total. The molecule has 3 heterocycles. The van der Waals surface area contributed by atoms with Crippen LogP contribution in [0.15, 0.2) is 59.4 Å². The number of phenols is 1. The highest BCUT2D eigenvalue weighted by atomic mass is 16.5. The molecule has 3 aromatic heterocycles. The molecule has 0 bridgehead atoms. The van der Waals surface area contributed by atoms with Crippen LogP contribution in [-0.4, -0.2) is 25.2 Å². The highest BCUT2D eigenvalue weighted by Gasteiger charge is 2.22. The smallest absolute Gasteiger partial charge is 0.187 e. The Kier molecular flexibility index (Phi) is 4.76. The van der Waals surface area contributed by atoms with Gasteiger partial charge in [-0.3, -0.25) is 9.97 Å². The van der Waals surface area contributed by atoms with E-state index in [-0.39, 0.29) is 8.60 Å². The first-order valence-electron chi connectivity index (χ1n) is 9.36. The molecule has 152 valence electrons. The van der Waals surface area contributed by atoms with Crippen molar-refractivity contribution in [2.24, 2.45) is 0 Å². The highest BCUT2D eigenvalue weighted by Crippen LogP contribution is 2.30. The summed E-state index contributed by atoms with van der Waals surface area (Å²) in [5, 5.41) is 23.0. The van der Waals surface area contributed by atoms with Crippen molar-refractivity contribution in [2.45, 2.75) is 26.2 Å². The van der Waals surface area contributed by atoms with E-state index in [0.717, 1.165) is 11.1 Å². The SMILES string of the molecule is Cc1ncc(-c2ccnc(C(C)(C)C#N)c2)nc1-c1cc(-c2ccc(O)cc2)no1.[HH].[HH]. The second-order valence-electron chi connectivity index (χ2n) is 7.48. The van der Waals surface area contributed by atoms with Crippen molar-refractivity contribution in [3.05, 3.63) is 66.2 Å². The van der Waals surface area contributed by atoms with Gasteiger partial charge in [-0.05, 0) is 57.2 Å². The molecule has 0 radical (unpaired) electrons. The lowest BCUT2D eigenvalue weighted by Crippen LogP contribution is -2.15. The standard InChI is InChI=1S/C23H19N5O2.2H2/c1-14-22(20-11-18(28-30-20)15-4-6-17(29)7-5-15)27-19(12-26-14)16-8-9-25-21(10-16)23(2,3)13-24;;/h4-12,29H,1-3H3;2*1H. The second kappa shape index (κ2) is 7.41. The highest BCUT2D eigenvalue weighted by molar-refractivity contribution is 5.68. The van der Waals surface area contributed by atoms with Gasteiger partial charge in [0, 0.05) is 26.2 Å². The lowest BCUT2D eigenvalue weighted by Gasteiger charge is -2.15. The van der Waals surface area contributed by atoms with E-state index in [1.807, 2.05) is 32.9 Å². The molecule has 7 nitrogen and oxygen atoms in total. The Balaban J connectivity index is 0.00000181.